The van der Waals surface area contributed by atoms with Gasteiger partial charge in [0.15, 0.2) is 5.16 Å². The van der Waals surface area contributed by atoms with Crippen molar-refractivity contribution < 1.29 is 14.1 Å². The minimum Gasteiger partial charge on any atom is -0.325 e. The first kappa shape index (κ1) is 19.5. The monoisotopic (exact) mass is 401 g/mol. The van der Waals surface area contributed by atoms with Crippen LogP contribution < -0.4 is 5.32 Å². The number of nitro groups is 1. The highest BCUT2D eigenvalue weighted by Crippen LogP contribution is 2.27. The molecular formula is C18H16FN5O3S. The highest BCUT2D eigenvalue weighted by molar-refractivity contribution is 8.00. The van der Waals surface area contributed by atoms with E-state index >= 15 is 0 Å². The highest BCUT2D eigenvalue weighted by Gasteiger charge is 2.21. The van der Waals surface area contributed by atoms with Crippen molar-refractivity contribution in [1.29, 1.82) is 0 Å². The largest absolute Gasteiger partial charge is 0.325 e. The number of anilines is 1. The predicted octanol–water partition coefficient (Wildman–Crippen LogP) is 3.74. The van der Waals surface area contributed by atoms with E-state index < -0.39 is 27.6 Å². The van der Waals surface area contributed by atoms with E-state index in [-0.39, 0.29) is 5.69 Å². The Kier molecular flexibility index (Phi) is 5.69. The maximum absolute atomic E-state index is 13.4. The predicted molar refractivity (Wildman–Crippen MR) is 103 cm³/mol. The molecule has 1 unspecified atom stereocenters. The zero-order chi connectivity index (χ0) is 20.3. The Morgan fingerprint density at radius 2 is 2.07 bits per heavy atom. The molecule has 3 rings (SSSR count). The van der Waals surface area contributed by atoms with E-state index in [1.807, 2.05) is 31.2 Å². The number of aromatic nitrogens is 3. The van der Waals surface area contributed by atoms with Crippen LogP contribution in [-0.2, 0) is 4.79 Å². The third-order valence-corrected chi connectivity index (χ3v) is 5.01. The summed E-state index contributed by atoms with van der Waals surface area (Å²) in [5.41, 5.74) is 1.37. The molecule has 3 aromatic rings. The van der Waals surface area contributed by atoms with Crippen molar-refractivity contribution in [2.75, 3.05) is 5.32 Å². The van der Waals surface area contributed by atoms with E-state index in [1.54, 1.807) is 17.8 Å². The van der Waals surface area contributed by atoms with Crippen LogP contribution in [0.15, 0.2) is 53.9 Å². The van der Waals surface area contributed by atoms with Gasteiger partial charge in [-0.2, -0.15) is 4.39 Å². The standard InChI is InChI=1S/C18H16FN5O3S/c1-11-5-3-4-6-15(11)23-10-20-22-18(23)28-12(2)17(25)21-13-7-8-14(19)16(9-13)24(26)27/h3-10,12H,1-2H3,(H,21,25). The van der Waals surface area contributed by atoms with Gasteiger partial charge in [0.2, 0.25) is 11.7 Å². The summed E-state index contributed by atoms with van der Waals surface area (Å²) >= 11 is 1.19. The molecule has 0 spiro atoms. The summed E-state index contributed by atoms with van der Waals surface area (Å²) in [7, 11) is 0. The van der Waals surface area contributed by atoms with Gasteiger partial charge in [0.25, 0.3) is 0 Å². The SMILES string of the molecule is Cc1ccccc1-n1cnnc1SC(C)C(=O)Nc1ccc(F)c([N+](=O)[O-])c1. The van der Waals surface area contributed by atoms with Crippen LogP contribution in [0.4, 0.5) is 15.8 Å². The van der Waals surface area contributed by atoms with Gasteiger partial charge in [-0.25, -0.2) is 0 Å². The lowest BCUT2D eigenvalue weighted by molar-refractivity contribution is -0.387. The van der Waals surface area contributed by atoms with Gasteiger partial charge < -0.3 is 5.32 Å². The van der Waals surface area contributed by atoms with Crippen LogP contribution >= 0.6 is 11.8 Å². The maximum Gasteiger partial charge on any atom is 0.306 e. The van der Waals surface area contributed by atoms with E-state index in [9.17, 15) is 19.3 Å². The lowest BCUT2D eigenvalue weighted by Gasteiger charge is -2.13. The topological polar surface area (TPSA) is 103 Å². The molecule has 0 bridgehead atoms. The Labute approximate surface area is 163 Å². The van der Waals surface area contributed by atoms with Gasteiger partial charge in [-0.1, -0.05) is 30.0 Å². The molecule has 1 amide bonds. The Bertz CT molecular complexity index is 1040. The number of aryl methyl sites for hydroxylation is 1. The van der Waals surface area contributed by atoms with Crippen molar-refractivity contribution in [2.24, 2.45) is 0 Å². The van der Waals surface area contributed by atoms with E-state index in [0.29, 0.717) is 5.16 Å². The van der Waals surface area contributed by atoms with Crippen LogP contribution in [0.1, 0.15) is 12.5 Å². The number of rotatable bonds is 6. The average molecular weight is 401 g/mol. The molecule has 10 heteroatoms. The Morgan fingerprint density at radius 1 is 1.32 bits per heavy atom. The van der Waals surface area contributed by atoms with Gasteiger partial charge in [-0.05, 0) is 37.6 Å². The number of nitro benzene ring substituents is 1. The molecule has 1 aromatic heterocycles. The lowest BCUT2D eigenvalue weighted by Crippen LogP contribution is -2.23. The maximum atomic E-state index is 13.4. The van der Waals surface area contributed by atoms with Crippen molar-refractivity contribution >= 4 is 29.0 Å². The third-order valence-electron chi connectivity index (χ3n) is 3.95. The molecule has 1 heterocycles. The summed E-state index contributed by atoms with van der Waals surface area (Å²) in [5.74, 6) is -1.36. The normalized spacial score (nSPS) is 11.8. The van der Waals surface area contributed by atoms with Crippen LogP contribution in [0.5, 0.6) is 0 Å². The number of nitrogens with one attached hydrogen (secondary N) is 1. The summed E-state index contributed by atoms with van der Waals surface area (Å²) in [4.78, 5) is 22.5. The molecule has 28 heavy (non-hydrogen) atoms. The van der Waals surface area contributed by atoms with Gasteiger partial charge in [0.05, 0.1) is 15.9 Å². The number of hydrogen-bond acceptors (Lipinski definition) is 6. The number of thioether (sulfide) groups is 1. The summed E-state index contributed by atoms with van der Waals surface area (Å²) in [5, 5.41) is 21.3. The van der Waals surface area contributed by atoms with E-state index in [1.165, 1.54) is 17.8 Å². The number of para-hydroxylation sites is 1. The van der Waals surface area contributed by atoms with Crippen molar-refractivity contribution in [2.45, 2.75) is 24.3 Å². The Hall–Kier alpha value is -3.27. The van der Waals surface area contributed by atoms with E-state index in [2.05, 4.69) is 15.5 Å². The number of benzene rings is 2. The summed E-state index contributed by atoms with van der Waals surface area (Å²) < 4.78 is 15.2. The molecule has 144 valence electrons. The summed E-state index contributed by atoms with van der Waals surface area (Å²) in [6.45, 7) is 3.64. The zero-order valence-electron chi connectivity index (χ0n) is 15.0. The van der Waals surface area contributed by atoms with Gasteiger partial charge in [0, 0.05) is 11.8 Å². The molecule has 0 aliphatic heterocycles. The first-order valence-corrected chi connectivity index (χ1v) is 9.12. The van der Waals surface area contributed by atoms with Crippen LogP contribution in [0, 0.1) is 22.9 Å². The van der Waals surface area contributed by atoms with Crippen molar-refractivity contribution in [3.8, 4) is 5.69 Å². The second-order valence-electron chi connectivity index (χ2n) is 5.94. The number of hydrogen-bond donors (Lipinski definition) is 1. The quantitative estimate of drug-likeness (QED) is 0.383. The smallest absolute Gasteiger partial charge is 0.306 e. The summed E-state index contributed by atoms with van der Waals surface area (Å²) in [6.07, 6.45) is 1.57. The minimum atomic E-state index is -0.961. The van der Waals surface area contributed by atoms with Crippen LogP contribution in [0.2, 0.25) is 0 Å². The van der Waals surface area contributed by atoms with Crippen LogP contribution in [-0.4, -0.2) is 30.8 Å². The fraction of sp³-hybridized carbons (Fsp3) is 0.167. The molecule has 0 radical (unpaired) electrons. The third kappa shape index (κ3) is 4.17. The number of halogens is 1. The number of nitrogens with zero attached hydrogens (tertiary/aromatic N) is 4. The molecular weight excluding hydrogens is 385 g/mol. The minimum absolute atomic E-state index is 0.144. The van der Waals surface area contributed by atoms with Crippen LogP contribution in [0.3, 0.4) is 0 Å². The molecule has 0 saturated carbocycles. The molecule has 2 aromatic carbocycles. The molecule has 0 aliphatic carbocycles. The zero-order valence-corrected chi connectivity index (χ0v) is 15.8. The molecule has 0 aliphatic rings. The van der Waals surface area contributed by atoms with E-state index in [0.717, 1.165) is 23.4 Å². The first-order valence-electron chi connectivity index (χ1n) is 8.24. The molecule has 1 atom stereocenters. The van der Waals surface area contributed by atoms with Gasteiger partial charge in [0.1, 0.15) is 6.33 Å². The van der Waals surface area contributed by atoms with Gasteiger partial charge in [-0.3, -0.25) is 19.5 Å². The number of amides is 1. The second-order valence-corrected chi connectivity index (χ2v) is 7.25. The molecule has 0 saturated heterocycles. The molecule has 1 N–H and O–H groups in total. The summed E-state index contributed by atoms with van der Waals surface area (Å²) in [6, 6.07) is 10.9. The van der Waals surface area contributed by atoms with Gasteiger partial charge in [-0.15, -0.1) is 10.2 Å². The average Bonchev–Trinajstić information content (AvgIpc) is 3.11. The van der Waals surface area contributed by atoms with Crippen molar-refractivity contribution in [1.82, 2.24) is 14.8 Å². The number of carbonyl (C=O) groups is 1. The fourth-order valence-electron chi connectivity index (χ4n) is 2.49. The van der Waals surface area contributed by atoms with E-state index in [4.69, 9.17) is 0 Å². The Morgan fingerprint density at radius 3 is 2.79 bits per heavy atom. The fourth-order valence-corrected chi connectivity index (χ4v) is 3.33. The lowest BCUT2D eigenvalue weighted by atomic mass is 10.2. The van der Waals surface area contributed by atoms with Gasteiger partial charge >= 0.3 is 5.69 Å². The molecule has 0 fully saturated rings. The highest BCUT2D eigenvalue weighted by atomic mass is 32.2. The second kappa shape index (κ2) is 8.17. The van der Waals surface area contributed by atoms with Crippen LogP contribution in [0.25, 0.3) is 5.69 Å². The van der Waals surface area contributed by atoms with Crippen molar-refractivity contribution in [3.63, 3.8) is 0 Å². The Balaban J connectivity index is 1.74. The number of carbonyl (C=O) groups excluding carboxylic acids is 1. The van der Waals surface area contributed by atoms with Crippen molar-refractivity contribution in [3.05, 3.63) is 70.3 Å². The molecule has 8 nitrogen and oxygen atoms in total. The first-order chi connectivity index (χ1) is 13.4.